The van der Waals surface area contributed by atoms with Crippen molar-refractivity contribution in [2.75, 3.05) is 13.2 Å². The van der Waals surface area contributed by atoms with Crippen molar-refractivity contribution in [1.29, 1.82) is 0 Å². The Morgan fingerprint density at radius 1 is 1.00 bits per heavy atom. The Morgan fingerprint density at radius 2 is 1.68 bits per heavy atom. The Labute approximate surface area is 233 Å². The zero-order chi connectivity index (χ0) is 26.5. The van der Waals surface area contributed by atoms with Crippen molar-refractivity contribution in [3.63, 3.8) is 0 Å². The maximum atomic E-state index is 12.8. The first-order valence-electron chi connectivity index (χ1n) is 14.5. The van der Waals surface area contributed by atoms with E-state index in [0.29, 0.717) is 48.1 Å². The predicted molar refractivity (Wildman–Crippen MR) is 154 cm³/mol. The minimum absolute atomic E-state index is 0.0866. The molecule has 2 aliphatic rings. The molecule has 0 aliphatic heterocycles. The van der Waals surface area contributed by atoms with Gasteiger partial charge in [-0.1, -0.05) is 80.0 Å². The molecule has 7 heteroatoms. The number of carbonyl (C=O) groups is 1. The number of hydrogen-bond donors (Lipinski definition) is 1. The molecule has 0 aromatic heterocycles. The van der Waals surface area contributed by atoms with Crippen molar-refractivity contribution in [2.24, 2.45) is 23.7 Å². The molecule has 2 aliphatic carbocycles. The second-order valence-electron chi connectivity index (χ2n) is 10.9. The first-order chi connectivity index (χ1) is 17.9. The first kappa shape index (κ1) is 30.4. The third-order valence-corrected chi connectivity index (χ3v) is 10.1. The fourth-order valence-corrected chi connectivity index (χ4v) is 7.41. The van der Waals surface area contributed by atoms with Crippen LogP contribution in [0.3, 0.4) is 0 Å². The highest BCUT2D eigenvalue weighted by Crippen LogP contribution is 2.52. The lowest BCUT2D eigenvalue weighted by molar-refractivity contribution is -0.143. The highest BCUT2D eigenvalue weighted by atomic mass is 79.9. The molecule has 1 N–H and O–H groups in total. The van der Waals surface area contributed by atoms with E-state index in [9.17, 15) is 13.2 Å². The number of halogens is 1. The summed E-state index contributed by atoms with van der Waals surface area (Å²) >= 11 is 3.36. The number of unbranched alkanes of at least 4 members (excludes halogenated alkanes) is 8. The fraction of sp³-hybridized carbons (Fsp3) is 0.700. The van der Waals surface area contributed by atoms with Crippen molar-refractivity contribution in [1.82, 2.24) is 4.72 Å². The standard InChI is InChI=1S/C30H46BrNO4S/c1-2-3-4-5-6-7-8-12-21-36-30(33)14-11-9-10-13-28-24-15-16-25(22-24)29(28)23-32-37(34,35)27-19-17-26(31)18-20-27/h10,13,17-20,24-25,28-29,32H,2-9,11-12,14-16,21-23H2,1H3/t24-,25+,28+,29+/m0/s1. The summed E-state index contributed by atoms with van der Waals surface area (Å²) in [4.78, 5) is 12.3. The van der Waals surface area contributed by atoms with E-state index in [4.69, 9.17) is 4.74 Å². The van der Waals surface area contributed by atoms with Gasteiger partial charge in [-0.3, -0.25) is 4.79 Å². The number of carbonyl (C=O) groups excluding carboxylic acids is 1. The lowest BCUT2D eigenvalue weighted by atomic mass is 9.79. The molecule has 2 bridgehead atoms. The zero-order valence-corrected chi connectivity index (χ0v) is 24.9. The van der Waals surface area contributed by atoms with Crippen LogP contribution in [0.4, 0.5) is 0 Å². The van der Waals surface area contributed by atoms with Gasteiger partial charge in [-0.2, -0.15) is 0 Å². The maximum absolute atomic E-state index is 12.8. The van der Waals surface area contributed by atoms with Crippen molar-refractivity contribution in [3.05, 3.63) is 40.9 Å². The van der Waals surface area contributed by atoms with Crippen molar-refractivity contribution in [3.8, 4) is 0 Å². The van der Waals surface area contributed by atoms with Crippen LogP contribution in [0.2, 0.25) is 0 Å². The SMILES string of the molecule is CCCCCCCCCCOC(=O)CCCC=C[C@@H]1[C@H]2CC[C@H](C2)[C@H]1CNS(=O)(=O)c1ccc(Br)cc1. The highest BCUT2D eigenvalue weighted by Gasteiger charge is 2.46. The summed E-state index contributed by atoms with van der Waals surface area (Å²) in [6.45, 7) is 3.27. The summed E-state index contributed by atoms with van der Waals surface area (Å²) < 4.78 is 34.7. The van der Waals surface area contributed by atoms with Crippen LogP contribution in [0, 0.1) is 23.7 Å². The van der Waals surface area contributed by atoms with Crippen LogP contribution in [-0.4, -0.2) is 27.5 Å². The van der Waals surface area contributed by atoms with Gasteiger partial charge in [0.05, 0.1) is 11.5 Å². The van der Waals surface area contributed by atoms with E-state index in [1.54, 1.807) is 24.3 Å². The van der Waals surface area contributed by atoms with Gasteiger partial charge < -0.3 is 4.74 Å². The summed E-state index contributed by atoms with van der Waals surface area (Å²) in [5.41, 5.74) is 0. The van der Waals surface area contributed by atoms with Gasteiger partial charge in [0.25, 0.3) is 0 Å². The van der Waals surface area contributed by atoms with Gasteiger partial charge in [0.2, 0.25) is 10.0 Å². The quantitative estimate of drug-likeness (QED) is 0.107. The van der Waals surface area contributed by atoms with Gasteiger partial charge in [-0.15, -0.1) is 0 Å². The Morgan fingerprint density at radius 3 is 2.41 bits per heavy atom. The van der Waals surface area contributed by atoms with Gasteiger partial charge in [-0.25, -0.2) is 13.1 Å². The molecule has 1 aromatic carbocycles. The summed E-state index contributed by atoms with van der Waals surface area (Å²) in [7, 11) is -3.51. The molecule has 4 atom stereocenters. The normalized spacial score (nSPS) is 23.2. The molecular weight excluding hydrogens is 550 g/mol. The van der Waals surface area contributed by atoms with Crippen LogP contribution in [0.1, 0.15) is 96.8 Å². The van der Waals surface area contributed by atoms with Gasteiger partial charge in [0.15, 0.2) is 0 Å². The molecule has 0 spiro atoms. The summed E-state index contributed by atoms with van der Waals surface area (Å²) in [5, 5.41) is 0. The predicted octanol–water partition coefficient (Wildman–Crippen LogP) is 7.80. The molecule has 3 rings (SSSR count). The average molecular weight is 597 g/mol. The molecule has 2 saturated carbocycles. The lowest BCUT2D eigenvalue weighted by Gasteiger charge is -2.29. The lowest BCUT2D eigenvalue weighted by Crippen LogP contribution is -2.35. The number of hydrogen-bond acceptors (Lipinski definition) is 4. The van der Waals surface area contributed by atoms with Crippen molar-refractivity contribution < 1.29 is 17.9 Å². The molecule has 0 heterocycles. The molecule has 5 nitrogen and oxygen atoms in total. The van der Waals surface area contributed by atoms with Gasteiger partial charge in [0, 0.05) is 17.4 Å². The minimum atomic E-state index is -3.51. The Balaban J connectivity index is 1.31. The number of benzene rings is 1. The number of sulfonamides is 1. The Hall–Kier alpha value is -1.18. The highest BCUT2D eigenvalue weighted by molar-refractivity contribution is 9.10. The van der Waals surface area contributed by atoms with E-state index < -0.39 is 10.0 Å². The van der Waals surface area contributed by atoms with Crippen molar-refractivity contribution in [2.45, 2.75) is 102 Å². The molecule has 208 valence electrons. The van der Waals surface area contributed by atoms with E-state index in [-0.39, 0.29) is 5.97 Å². The topological polar surface area (TPSA) is 72.5 Å². The number of fused-ring (bicyclic) bond motifs is 2. The van der Waals surface area contributed by atoms with E-state index in [2.05, 4.69) is 39.7 Å². The third kappa shape index (κ3) is 10.1. The number of allylic oxidation sites excluding steroid dienone is 2. The van der Waals surface area contributed by atoms with Gasteiger partial charge in [0.1, 0.15) is 0 Å². The summed E-state index contributed by atoms with van der Waals surface area (Å²) in [6.07, 6.45) is 20.2. The van der Waals surface area contributed by atoms with Crippen LogP contribution in [-0.2, 0) is 19.6 Å². The molecule has 0 unspecified atom stereocenters. The van der Waals surface area contributed by atoms with Crippen LogP contribution in [0.5, 0.6) is 0 Å². The molecule has 1 aromatic rings. The fourth-order valence-electron chi connectivity index (χ4n) is 6.07. The van der Waals surface area contributed by atoms with E-state index in [1.807, 2.05) is 0 Å². The zero-order valence-electron chi connectivity index (χ0n) is 22.5. The second kappa shape index (κ2) is 16.0. The number of ether oxygens (including phenoxy) is 1. The van der Waals surface area contributed by atoms with Crippen LogP contribution >= 0.6 is 15.9 Å². The van der Waals surface area contributed by atoms with Crippen molar-refractivity contribution >= 4 is 31.9 Å². The van der Waals surface area contributed by atoms with Crippen LogP contribution in [0.25, 0.3) is 0 Å². The number of nitrogens with one attached hydrogen (secondary N) is 1. The average Bonchev–Trinajstić information content (AvgIpc) is 3.48. The third-order valence-electron chi connectivity index (χ3n) is 8.16. The Kier molecular flexibility index (Phi) is 13.2. The molecule has 37 heavy (non-hydrogen) atoms. The largest absolute Gasteiger partial charge is 0.466 e. The maximum Gasteiger partial charge on any atom is 0.305 e. The van der Waals surface area contributed by atoms with Crippen LogP contribution in [0.15, 0.2) is 45.8 Å². The minimum Gasteiger partial charge on any atom is -0.466 e. The Bertz CT molecular complexity index is 947. The van der Waals surface area contributed by atoms with Gasteiger partial charge in [-0.05, 0) is 86.5 Å². The summed E-state index contributed by atoms with van der Waals surface area (Å²) in [5.74, 6) is 1.92. The molecule has 2 fully saturated rings. The number of rotatable bonds is 18. The molecular formula is C30H46BrNO4S. The second-order valence-corrected chi connectivity index (χ2v) is 13.6. The van der Waals surface area contributed by atoms with E-state index in [1.165, 1.54) is 57.8 Å². The molecule has 0 saturated heterocycles. The summed E-state index contributed by atoms with van der Waals surface area (Å²) in [6, 6.07) is 6.77. The monoisotopic (exact) mass is 595 g/mol. The molecule has 0 amide bonds. The smallest absolute Gasteiger partial charge is 0.305 e. The van der Waals surface area contributed by atoms with Crippen LogP contribution < -0.4 is 4.72 Å². The van der Waals surface area contributed by atoms with E-state index in [0.717, 1.165) is 30.2 Å². The molecule has 0 radical (unpaired) electrons. The first-order valence-corrected chi connectivity index (χ1v) is 16.8. The van der Waals surface area contributed by atoms with Gasteiger partial charge >= 0.3 is 5.97 Å². The van der Waals surface area contributed by atoms with E-state index >= 15 is 0 Å². The number of esters is 1.